The third-order valence-corrected chi connectivity index (χ3v) is 2.43. The quantitative estimate of drug-likeness (QED) is 0.687. The van der Waals surface area contributed by atoms with E-state index in [0.29, 0.717) is 18.8 Å². The lowest BCUT2D eigenvalue weighted by molar-refractivity contribution is 0.0691. The number of imidazole rings is 1. The highest BCUT2D eigenvalue weighted by atomic mass is 16.5. The van der Waals surface area contributed by atoms with Crippen molar-refractivity contribution in [1.29, 1.82) is 0 Å². The van der Waals surface area contributed by atoms with Gasteiger partial charge in [0.15, 0.2) is 5.69 Å². The molecule has 0 atom stereocenters. The number of urea groups is 1. The average molecular weight is 279 g/mol. The van der Waals surface area contributed by atoms with Gasteiger partial charge in [-0.2, -0.15) is 0 Å². The molecule has 20 heavy (non-hydrogen) atoms. The molecule has 2 amide bonds. The lowest BCUT2D eigenvalue weighted by Crippen LogP contribution is -2.36. The summed E-state index contributed by atoms with van der Waals surface area (Å²) in [4.78, 5) is 25.8. The Kier molecular flexibility index (Phi) is 4.32. The minimum Gasteiger partial charge on any atom is -0.476 e. The number of nitrogens with one attached hydrogen (secondary N) is 2. The van der Waals surface area contributed by atoms with Crippen LogP contribution >= 0.6 is 0 Å². The summed E-state index contributed by atoms with van der Waals surface area (Å²) in [6.07, 6.45) is 4.23. The summed E-state index contributed by atoms with van der Waals surface area (Å²) in [7, 11) is 0. The van der Waals surface area contributed by atoms with Gasteiger partial charge in [-0.15, -0.1) is 0 Å². The lowest BCUT2D eigenvalue weighted by Gasteiger charge is -2.06. The van der Waals surface area contributed by atoms with E-state index >= 15 is 0 Å². The van der Waals surface area contributed by atoms with Gasteiger partial charge in [0.2, 0.25) is 0 Å². The molecular weight excluding hydrogens is 266 g/mol. The van der Waals surface area contributed by atoms with Crippen molar-refractivity contribution in [3.8, 4) is 0 Å². The van der Waals surface area contributed by atoms with Crippen molar-refractivity contribution in [2.45, 2.75) is 13.1 Å². The van der Waals surface area contributed by atoms with Crippen LogP contribution < -0.4 is 10.6 Å². The number of hydrogen-bond donors (Lipinski definition) is 3. The van der Waals surface area contributed by atoms with Gasteiger partial charge in [0.1, 0.15) is 12.0 Å². The fourth-order valence-corrected chi connectivity index (χ4v) is 1.45. The second kappa shape index (κ2) is 6.36. The van der Waals surface area contributed by atoms with E-state index in [0.717, 1.165) is 0 Å². The standard InChI is InChI=1S/C11H13N5O4/c17-10(18)9-6-16(7-14-9)3-2-12-11(19)13-5-8-1-4-20-15-8/h1,4,6-7H,2-3,5H2,(H,17,18)(H2,12,13,19). The Morgan fingerprint density at radius 2 is 2.25 bits per heavy atom. The van der Waals surface area contributed by atoms with Crippen LogP contribution in [0, 0.1) is 0 Å². The molecule has 2 rings (SSSR count). The Balaban J connectivity index is 1.67. The minimum absolute atomic E-state index is 0.0273. The van der Waals surface area contributed by atoms with Crippen LogP contribution in [0.25, 0.3) is 0 Å². The van der Waals surface area contributed by atoms with Crippen molar-refractivity contribution in [2.75, 3.05) is 6.54 Å². The molecule has 2 heterocycles. The molecule has 0 aliphatic rings. The lowest BCUT2D eigenvalue weighted by atomic mass is 10.4. The minimum atomic E-state index is -1.08. The molecule has 0 saturated heterocycles. The summed E-state index contributed by atoms with van der Waals surface area (Å²) in [5.41, 5.74) is 0.598. The molecule has 0 aromatic carbocycles. The topological polar surface area (TPSA) is 122 Å². The number of rotatable bonds is 6. The largest absolute Gasteiger partial charge is 0.476 e. The van der Waals surface area contributed by atoms with Crippen molar-refractivity contribution < 1.29 is 19.2 Å². The Bertz CT molecular complexity index is 577. The predicted octanol–water partition coefficient (Wildman–Crippen LogP) is 0.0687. The first-order valence-electron chi connectivity index (χ1n) is 5.81. The van der Waals surface area contributed by atoms with Crippen LogP contribution in [-0.4, -0.2) is 38.4 Å². The molecule has 0 unspecified atom stereocenters. The molecule has 2 aromatic heterocycles. The number of carboxylic acids is 1. The van der Waals surface area contributed by atoms with Crippen LogP contribution in [-0.2, 0) is 13.1 Å². The fraction of sp³-hybridized carbons (Fsp3) is 0.273. The highest BCUT2D eigenvalue weighted by Gasteiger charge is 2.06. The Morgan fingerprint density at radius 1 is 1.40 bits per heavy atom. The molecule has 0 saturated carbocycles. The summed E-state index contributed by atoms with van der Waals surface area (Å²) in [6.45, 7) is 1.05. The smallest absolute Gasteiger partial charge is 0.356 e. The Morgan fingerprint density at radius 3 is 2.90 bits per heavy atom. The summed E-state index contributed by atoms with van der Waals surface area (Å²) in [5.74, 6) is -1.08. The maximum Gasteiger partial charge on any atom is 0.356 e. The number of aromatic carboxylic acids is 1. The molecule has 0 radical (unpaired) electrons. The van der Waals surface area contributed by atoms with Gasteiger partial charge in [-0.3, -0.25) is 0 Å². The van der Waals surface area contributed by atoms with Crippen LogP contribution in [0.4, 0.5) is 4.79 Å². The number of amides is 2. The maximum absolute atomic E-state index is 11.4. The number of aromatic nitrogens is 3. The first-order chi connectivity index (χ1) is 9.65. The van der Waals surface area contributed by atoms with Crippen molar-refractivity contribution in [3.63, 3.8) is 0 Å². The summed E-state index contributed by atoms with van der Waals surface area (Å²) >= 11 is 0. The third kappa shape index (κ3) is 3.83. The zero-order chi connectivity index (χ0) is 14.4. The fourth-order valence-electron chi connectivity index (χ4n) is 1.45. The normalized spacial score (nSPS) is 10.2. The zero-order valence-corrected chi connectivity index (χ0v) is 10.4. The molecule has 0 fully saturated rings. The van der Waals surface area contributed by atoms with E-state index in [1.54, 1.807) is 10.6 Å². The number of hydrogen-bond acceptors (Lipinski definition) is 5. The average Bonchev–Trinajstić information content (AvgIpc) is 3.07. The predicted molar refractivity (Wildman–Crippen MR) is 65.9 cm³/mol. The van der Waals surface area contributed by atoms with Crippen molar-refractivity contribution >= 4 is 12.0 Å². The highest BCUT2D eigenvalue weighted by molar-refractivity contribution is 5.84. The molecule has 2 aromatic rings. The molecule has 9 nitrogen and oxygen atoms in total. The molecule has 0 aliphatic heterocycles. The van der Waals surface area contributed by atoms with E-state index in [9.17, 15) is 9.59 Å². The monoisotopic (exact) mass is 279 g/mol. The van der Waals surface area contributed by atoms with E-state index in [1.807, 2.05) is 0 Å². The van der Waals surface area contributed by atoms with E-state index in [-0.39, 0.29) is 18.3 Å². The van der Waals surface area contributed by atoms with Gasteiger partial charge >= 0.3 is 12.0 Å². The van der Waals surface area contributed by atoms with E-state index in [2.05, 4.69) is 25.3 Å². The second-order valence-electron chi connectivity index (χ2n) is 3.90. The summed E-state index contributed by atoms with van der Waals surface area (Å²) < 4.78 is 6.21. The van der Waals surface area contributed by atoms with Crippen LogP contribution in [0.2, 0.25) is 0 Å². The van der Waals surface area contributed by atoms with E-state index in [1.165, 1.54) is 18.8 Å². The van der Waals surface area contributed by atoms with Crippen molar-refractivity contribution in [2.24, 2.45) is 0 Å². The second-order valence-corrected chi connectivity index (χ2v) is 3.90. The van der Waals surface area contributed by atoms with Gasteiger partial charge < -0.3 is 24.8 Å². The first kappa shape index (κ1) is 13.6. The molecule has 0 bridgehead atoms. The van der Waals surface area contributed by atoms with Crippen LogP contribution in [0.5, 0.6) is 0 Å². The van der Waals surface area contributed by atoms with Gasteiger partial charge in [0.05, 0.1) is 12.9 Å². The number of carboxylic acid groups (broad SMARTS) is 1. The van der Waals surface area contributed by atoms with Gasteiger partial charge in [0, 0.05) is 25.4 Å². The van der Waals surface area contributed by atoms with E-state index in [4.69, 9.17) is 5.11 Å². The molecule has 106 valence electrons. The van der Waals surface area contributed by atoms with Crippen LogP contribution in [0.3, 0.4) is 0 Å². The molecule has 3 N–H and O–H groups in total. The van der Waals surface area contributed by atoms with Gasteiger partial charge in [-0.1, -0.05) is 5.16 Å². The number of nitrogens with zero attached hydrogens (tertiary/aromatic N) is 3. The molecule has 0 spiro atoms. The van der Waals surface area contributed by atoms with Gasteiger partial charge in [0.25, 0.3) is 0 Å². The SMILES string of the molecule is O=C(NCCn1cnc(C(=O)O)c1)NCc1ccon1. The molecular formula is C11H13N5O4. The van der Waals surface area contributed by atoms with Crippen LogP contribution in [0.1, 0.15) is 16.2 Å². The van der Waals surface area contributed by atoms with E-state index < -0.39 is 5.97 Å². The number of carbonyl (C=O) groups is 2. The Hall–Kier alpha value is -2.84. The van der Waals surface area contributed by atoms with Crippen molar-refractivity contribution in [1.82, 2.24) is 25.3 Å². The van der Waals surface area contributed by atoms with Crippen molar-refractivity contribution in [3.05, 3.63) is 36.2 Å². The number of carbonyl (C=O) groups excluding carboxylic acids is 1. The first-order valence-corrected chi connectivity index (χ1v) is 5.81. The zero-order valence-electron chi connectivity index (χ0n) is 10.4. The van der Waals surface area contributed by atoms with Crippen LogP contribution in [0.15, 0.2) is 29.4 Å². The summed E-state index contributed by atoms with van der Waals surface area (Å²) in [6, 6.07) is 1.31. The highest BCUT2D eigenvalue weighted by Crippen LogP contribution is 1.95. The molecule has 9 heteroatoms. The molecule has 0 aliphatic carbocycles. The van der Waals surface area contributed by atoms with Gasteiger partial charge in [-0.05, 0) is 0 Å². The van der Waals surface area contributed by atoms with Gasteiger partial charge in [-0.25, -0.2) is 14.6 Å². The maximum atomic E-state index is 11.4. The Labute approximate surface area is 113 Å². The summed E-state index contributed by atoms with van der Waals surface area (Å²) in [5, 5.41) is 17.6. The third-order valence-electron chi connectivity index (χ3n) is 2.43.